The first kappa shape index (κ1) is 14.4. The lowest BCUT2D eigenvalue weighted by Crippen LogP contribution is -2.42. The van der Waals surface area contributed by atoms with Gasteiger partial charge >= 0.3 is 6.03 Å². The van der Waals surface area contributed by atoms with Crippen molar-refractivity contribution in [2.45, 2.75) is 33.1 Å². The van der Waals surface area contributed by atoms with Crippen LogP contribution < -0.4 is 5.32 Å². The molecule has 0 bridgehead atoms. The fourth-order valence-corrected chi connectivity index (χ4v) is 3.09. The van der Waals surface area contributed by atoms with Crippen molar-refractivity contribution < 1.29 is 4.79 Å². The number of carbonyl (C=O) groups excluding carboxylic acids is 1. The van der Waals surface area contributed by atoms with Gasteiger partial charge in [-0.3, -0.25) is 0 Å². The van der Waals surface area contributed by atoms with E-state index in [-0.39, 0.29) is 6.03 Å². The third kappa shape index (κ3) is 3.72. The van der Waals surface area contributed by atoms with Gasteiger partial charge in [0.25, 0.3) is 0 Å². The van der Waals surface area contributed by atoms with Crippen LogP contribution in [0.1, 0.15) is 31.7 Å². The van der Waals surface area contributed by atoms with Crippen molar-refractivity contribution in [3.05, 3.63) is 28.2 Å². The van der Waals surface area contributed by atoms with Crippen LogP contribution in [0.25, 0.3) is 0 Å². The van der Waals surface area contributed by atoms with Gasteiger partial charge in [0.15, 0.2) is 0 Å². The molecule has 1 aliphatic rings. The Kier molecular flexibility index (Phi) is 4.86. The zero-order valence-electron chi connectivity index (χ0n) is 11.6. The molecule has 1 atom stereocenters. The minimum absolute atomic E-state index is 0.0164. The van der Waals surface area contributed by atoms with Gasteiger partial charge in [-0.2, -0.15) is 0 Å². The van der Waals surface area contributed by atoms with Crippen LogP contribution in [0.15, 0.2) is 22.7 Å². The lowest BCUT2D eigenvalue weighted by atomic mass is 9.96. The lowest BCUT2D eigenvalue weighted by molar-refractivity contribution is 0.176. The third-order valence-corrected chi connectivity index (χ3v) is 4.41. The Bertz CT molecular complexity index is 461. The highest BCUT2D eigenvalue weighted by Crippen LogP contribution is 2.25. The highest BCUT2D eigenvalue weighted by molar-refractivity contribution is 9.10. The number of halogens is 1. The maximum absolute atomic E-state index is 12.3. The van der Waals surface area contributed by atoms with E-state index in [1.54, 1.807) is 0 Å². The number of piperidine rings is 1. The number of anilines is 1. The summed E-state index contributed by atoms with van der Waals surface area (Å²) in [6.07, 6.45) is 3.51. The van der Waals surface area contributed by atoms with Gasteiger partial charge in [-0.05, 0) is 59.3 Å². The zero-order chi connectivity index (χ0) is 13.8. The van der Waals surface area contributed by atoms with Crippen LogP contribution in [0.2, 0.25) is 0 Å². The number of carbonyl (C=O) groups is 1. The van der Waals surface area contributed by atoms with E-state index in [1.165, 1.54) is 12.0 Å². The van der Waals surface area contributed by atoms with Crippen LogP contribution in [0.5, 0.6) is 0 Å². The molecule has 0 radical (unpaired) electrons. The first-order chi connectivity index (χ1) is 9.10. The van der Waals surface area contributed by atoms with Gasteiger partial charge in [0, 0.05) is 17.6 Å². The number of likely N-dealkylation sites (tertiary alicyclic amines) is 1. The molecule has 1 saturated heterocycles. The molecule has 1 aromatic rings. The Morgan fingerprint density at radius 1 is 1.53 bits per heavy atom. The number of aryl methyl sites for hydroxylation is 1. The van der Waals surface area contributed by atoms with Crippen molar-refractivity contribution in [3.63, 3.8) is 0 Å². The molecule has 2 rings (SSSR count). The highest BCUT2D eigenvalue weighted by Gasteiger charge is 2.22. The molecule has 0 aliphatic carbocycles. The molecule has 1 N–H and O–H groups in total. The topological polar surface area (TPSA) is 32.3 Å². The number of rotatable bonds is 2. The molecule has 3 nitrogen and oxygen atoms in total. The second-order valence-electron chi connectivity index (χ2n) is 5.28. The molecule has 0 unspecified atom stereocenters. The van der Waals surface area contributed by atoms with Gasteiger partial charge in [0.1, 0.15) is 0 Å². The lowest BCUT2D eigenvalue weighted by Gasteiger charge is -2.32. The number of urea groups is 1. The van der Waals surface area contributed by atoms with Gasteiger partial charge in [-0.15, -0.1) is 0 Å². The van der Waals surface area contributed by atoms with Crippen LogP contribution >= 0.6 is 15.9 Å². The van der Waals surface area contributed by atoms with E-state index in [0.717, 1.165) is 36.1 Å². The van der Waals surface area contributed by atoms with Gasteiger partial charge < -0.3 is 10.2 Å². The van der Waals surface area contributed by atoms with E-state index in [2.05, 4.69) is 28.2 Å². The minimum Gasteiger partial charge on any atom is -0.324 e. The van der Waals surface area contributed by atoms with Crippen molar-refractivity contribution in [1.29, 1.82) is 0 Å². The number of hydrogen-bond acceptors (Lipinski definition) is 1. The summed E-state index contributed by atoms with van der Waals surface area (Å²) in [6, 6.07) is 5.98. The second kappa shape index (κ2) is 6.42. The molecule has 0 aromatic heterocycles. The Morgan fingerprint density at radius 2 is 2.32 bits per heavy atom. The smallest absolute Gasteiger partial charge is 0.321 e. The summed E-state index contributed by atoms with van der Waals surface area (Å²) < 4.78 is 0.935. The SMILES string of the molecule is CC[C@H]1CCCN(C(=O)Nc2ccc(C)cc2Br)C1. The van der Waals surface area contributed by atoms with Gasteiger partial charge in [0.2, 0.25) is 0 Å². The summed E-state index contributed by atoms with van der Waals surface area (Å²) in [5.41, 5.74) is 2.02. The fourth-order valence-electron chi connectivity index (χ4n) is 2.50. The van der Waals surface area contributed by atoms with Crippen LogP contribution in [0.4, 0.5) is 10.5 Å². The average molecular weight is 325 g/mol. The molecule has 1 aromatic carbocycles. The quantitative estimate of drug-likeness (QED) is 0.858. The number of nitrogens with zero attached hydrogens (tertiary/aromatic N) is 1. The Balaban J connectivity index is 2.00. The van der Waals surface area contributed by atoms with Crippen LogP contribution in [0.3, 0.4) is 0 Å². The number of hydrogen-bond donors (Lipinski definition) is 1. The minimum atomic E-state index is 0.0164. The van der Waals surface area contributed by atoms with Crippen LogP contribution in [-0.4, -0.2) is 24.0 Å². The Labute approximate surface area is 123 Å². The van der Waals surface area contributed by atoms with E-state index in [0.29, 0.717) is 5.92 Å². The molecule has 1 heterocycles. The zero-order valence-corrected chi connectivity index (χ0v) is 13.2. The summed E-state index contributed by atoms with van der Waals surface area (Å²) in [6.45, 7) is 5.98. The summed E-state index contributed by atoms with van der Waals surface area (Å²) in [5.74, 6) is 0.654. The molecule has 0 saturated carbocycles. The predicted octanol–water partition coefficient (Wildman–Crippen LogP) is 4.41. The van der Waals surface area contributed by atoms with E-state index in [4.69, 9.17) is 0 Å². The molecule has 0 spiro atoms. The summed E-state index contributed by atoms with van der Waals surface area (Å²) in [5, 5.41) is 2.99. The molecule has 4 heteroatoms. The van der Waals surface area contributed by atoms with Crippen molar-refractivity contribution >= 4 is 27.6 Å². The number of amides is 2. The molecular weight excluding hydrogens is 304 g/mol. The highest BCUT2D eigenvalue weighted by atomic mass is 79.9. The number of nitrogens with one attached hydrogen (secondary N) is 1. The Morgan fingerprint density at radius 3 is 3.00 bits per heavy atom. The molecule has 1 fully saturated rings. The molecule has 2 amide bonds. The van der Waals surface area contributed by atoms with Crippen LogP contribution in [0, 0.1) is 12.8 Å². The van der Waals surface area contributed by atoms with Crippen molar-refractivity contribution in [1.82, 2.24) is 4.90 Å². The van der Waals surface area contributed by atoms with E-state index >= 15 is 0 Å². The van der Waals surface area contributed by atoms with Crippen molar-refractivity contribution in [2.75, 3.05) is 18.4 Å². The maximum atomic E-state index is 12.3. The monoisotopic (exact) mass is 324 g/mol. The van der Waals surface area contributed by atoms with E-state index in [9.17, 15) is 4.79 Å². The maximum Gasteiger partial charge on any atom is 0.321 e. The first-order valence-electron chi connectivity index (χ1n) is 6.92. The van der Waals surface area contributed by atoms with E-state index < -0.39 is 0 Å². The standard InChI is InChI=1S/C15H21BrN2O/c1-3-12-5-4-8-18(10-12)15(19)17-14-7-6-11(2)9-13(14)16/h6-7,9,12H,3-5,8,10H2,1-2H3,(H,17,19)/t12-/m0/s1. The predicted molar refractivity (Wildman–Crippen MR) is 82.5 cm³/mol. The van der Waals surface area contributed by atoms with Crippen molar-refractivity contribution in [2.24, 2.45) is 5.92 Å². The molecule has 104 valence electrons. The normalized spacial score (nSPS) is 19.3. The van der Waals surface area contributed by atoms with Crippen LogP contribution in [-0.2, 0) is 0 Å². The second-order valence-corrected chi connectivity index (χ2v) is 6.13. The number of benzene rings is 1. The van der Waals surface area contributed by atoms with E-state index in [1.807, 2.05) is 30.0 Å². The molecular formula is C15H21BrN2O. The molecule has 1 aliphatic heterocycles. The van der Waals surface area contributed by atoms with Gasteiger partial charge in [-0.25, -0.2) is 4.79 Å². The molecule has 19 heavy (non-hydrogen) atoms. The fraction of sp³-hybridized carbons (Fsp3) is 0.533. The summed E-state index contributed by atoms with van der Waals surface area (Å²) in [4.78, 5) is 14.2. The summed E-state index contributed by atoms with van der Waals surface area (Å²) >= 11 is 3.49. The van der Waals surface area contributed by atoms with Gasteiger partial charge in [-0.1, -0.05) is 19.4 Å². The first-order valence-corrected chi connectivity index (χ1v) is 7.71. The Hall–Kier alpha value is -1.03. The van der Waals surface area contributed by atoms with Gasteiger partial charge in [0.05, 0.1) is 5.69 Å². The largest absolute Gasteiger partial charge is 0.324 e. The third-order valence-electron chi connectivity index (χ3n) is 3.75. The van der Waals surface area contributed by atoms with Crippen molar-refractivity contribution in [3.8, 4) is 0 Å². The summed E-state index contributed by atoms with van der Waals surface area (Å²) in [7, 11) is 0. The average Bonchev–Trinajstić information content (AvgIpc) is 2.42.